The van der Waals surface area contributed by atoms with Crippen molar-refractivity contribution in [3.8, 4) is 22.6 Å². The van der Waals surface area contributed by atoms with Gasteiger partial charge in [0.25, 0.3) is 5.91 Å². The Bertz CT molecular complexity index is 1460. The van der Waals surface area contributed by atoms with Gasteiger partial charge in [0.1, 0.15) is 18.1 Å². The summed E-state index contributed by atoms with van der Waals surface area (Å²) in [5.74, 6) is 1.57. The highest BCUT2D eigenvalue weighted by atomic mass is 16.5. The quantitative estimate of drug-likeness (QED) is 0.328. The molecule has 2 aliphatic rings. The molecular formula is C30H29N3O3. The van der Waals surface area contributed by atoms with Gasteiger partial charge in [-0.3, -0.25) is 9.69 Å². The average Bonchev–Trinajstić information content (AvgIpc) is 3.63. The first-order valence-corrected chi connectivity index (χ1v) is 12.5. The van der Waals surface area contributed by atoms with E-state index >= 15 is 0 Å². The minimum Gasteiger partial charge on any atom is -0.497 e. The fourth-order valence-corrected chi connectivity index (χ4v) is 5.08. The van der Waals surface area contributed by atoms with Gasteiger partial charge in [-0.05, 0) is 85.6 Å². The minimum atomic E-state index is -0.0996. The van der Waals surface area contributed by atoms with Crippen molar-refractivity contribution in [2.24, 2.45) is 0 Å². The lowest BCUT2D eigenvalue weighted by molar-refractivity contribution is -0.110. The molecule has 2 N–H and O–H groups in total. The van der Waals surface area contributed by atoms with Crippen molar-refractivity contribution in [2.45, 2.75) is 12.8 Å². The molecule has 2 aliphatic heterocycles. The third-order valence-electron chi connectivity index (χ3n) is 6.99. The molecule has 0 unspecified atom stereocenters. The van der Waals surface area contributed by atoms with Crippen LogP contribution in [-0.2, 0) is 4.79 Å². The lowest BCUT2D eigenvalue weighted by Crippen LogP contribution is -2.25. The number of anilines is 1. The van der Waals surface area contributed by atoms with E-state index in [9.17, 15) is 4.79 Å². The van der Waals surface area contributed by atoms with Gasteiger partial charge >= 0.3 is 0 Å². The maximum atomic E-state index is 12.8. The lowest BCUT2D eigenvalue weighted by atomic mass is 10.00. The molecule has 0 bridgehead atoms. The second-order valence-corrected chi connectivity index (χ2v) is 9.38. The summed E-state index contributed by atoms with van der Waals surface area (Å²) in [6, 6.07) is 22.1. The number of nitrogens with zero attached hydrogens (tertiary/aromatic N) is 1. The molecule has 0 spiro atoms. The Kier molecular flexibility index (Phi) is 5.95. The monoisotopic (exact) mass is 479 g/mol. The number of hydrogen-bond acceptors (Lipinski definition) is 4. The number of H-pyrrole nitrogens is 1. The number of ether oxygens (including phenoxy) is 2. The molecule has 0 aliphatic carbocycles. The number of aromatic amines is 1. The van der Waals surface area contributed by atoms with E-state index < -0.39 is 0 Å². The Morgan fingerprint density at radius 2 is 1.81 bits per heavy atom. The first kappa shape index (κ1) is 22.4. The Morgan fingerprint density at radius 1 is 0.944 bits per heavy atom. The van der Waals surface area contributed by atoms with E-state index in [2.05, 4.69) is 27.3 Å². The predicted molar refractivity (Wildman–Crippen MR) is 144 cm³/mol. The number of amides is 1. The van der Waals surface area contributed by atoms with Gasteiger partial charge in [0.05, 0.1) is 12.7 Å². The van der Waals surface area contributed by atoms with Crippen LogP contribution in [0.2, 0.25) is 0 Å². The van der Waals surface area contributed by atoms with Crippen molar-refractivity contribution in [3.05, 3.63) is 78.0 Å². The summed E-state index contributed by atoms with van der Waals surface area (Å²) >= 11 is 0. The minimum absolute atomic E-state index is 0.0996. The second kappa shape index (κ2) is 9.55. The molecule has 1 aromatic heterocycles. The Hall–Kier alpha value is -4.03. The molecule has 1 fully saturated rings. The molecule has 3 aromatic carbocycles. The Balaban J connectivity index is 1.22. The van der Waals surface area contributed by atoms with Crippen molar-refractivity contribution < 1.29 is 14.3 Å². The number of carbonyl (C=O) groups is 1. The Morgan fingerprint density at radius 3 is 2.67 bits per heavy atom. The van der Waals surface area contributed by atoms with Gasteiger partial charge in [0.15, 0.2) is 0 Å². The van der Waals surface area contributed by atoms with Gasteiger partial charge in [0, 0.05) is 34.4 Å². The number of rotatable bonds is 7. The van der Waals surface area contributed by atoms with Crippen LogP contribution in [0.1, 0.15) is 24.1 Å². The van der Waals surface area contributed by atoms with Crippen molar-refractivity contribution in [3.63, 3.8) is 0 Å². The summed E-state index contributed by atoms with van der Waals surface area (Å²) in [5.41, 5.74) is 6.33. The van der Waals surface area contributed by atoms with Crippen molar-refractivity contribution in [1.29, 1.82) is 0 Å². The molecule has 1 saturated heterocycles. The highest BCUT2D eigenvalue weighted by Crippen LogP contribution is 2.37. The number of aromatic nitrogens is 1. The first-order chi connectivity index (χ1) is 17.7. The van der Waals surface area contributed by atoms with E-state index in [0.29, 0.717) is 12.2 Å². The van der Waals surface area contributed by atoms with Gasteiger partial charge in [-0.2, -0.15) is 0 Å². The topological polar surface area (TPSA) is 66.6 Å². The number of hydrogen-bond donors (Lipinski definition) is 2. The van der Waals surface area contributed by atoms with Crippen LogP contribution in [0.5, 0.6) is 11.5 Å². The van der Waals surface area contributed by atoms with Gasteiger partial charge in [-0.1, -0.05) is 24.3 Å². The molecule has 6 heteroatoms. The normalized spacial score (nSPS) is 16.5. The van der Waals surface area contributed by atoms with E-state index in [1.54, 1.807) is 7.11 Å². The molecule has 0 atom stereocenters. The van der Waals surface area contributed by atoms with Crippen LogP contribution in [-0.4, -0.2) is 49.1 Å². The SMILES string of the molecule is COc1cccc(-c2ccc3c(c2)NC(=O)C3=Cc2cc3cc(OCCN4CCCC4)ccc3[nH]2)c1. The van der Waals surface area contributed by atoms with E-state index in [4.69, 9.17) is 9.47 Å². The third kappa shape index (κ3) is 4.48. The van der Waals surface area contributed by atoms with Crippen LogP contribution in [0.4, 0.5) is 5.69 Å². The fourth-order valence-electron chi connectivity index (χ4n) is 5.08. The summed E-state index contributed by atoms with van der Waals surface area (Å²) in [7, 11) is 1.66. The summed E-state index contributed by atoms with van der Waals surface area (Å²) in [5, 5.41) is 4.08. The highest BCUT2D eigenvalue weighted by molar-refractivity contribution is 6.35. The zero-order valence-corrected chi connectivity index (χ0v) is 20.3. The molecule has 182 valence electrons. The maximum absolute atomic E-state index is 12.8. The molecule has 1 amide bonds. The van der Waals surface area contributed by atoms with Crippen molar-refractivity contribution >= 4 is 34.1 Å². The standard InChI is InChI=1S/C30H29N3O3/c1-35-24-6-4-5-20(16-24)21-7-9-26-27(30(34)32-29(26)18-21)19-23-15-22-17-25(8-10-28(22)31-23)36-14-13-33-11-2-3-12-33/h4-10,15-19,31H,2-3,11-14H2,1H3,(H,32,34). The highest BCUT2D eigenvalue weighted by Gasteiger charge is 2.24. The first-order valence-electron chi connectivity index (χ1n) is 12.5. The molecule has 0 radical (unpaired) electrons. The molecule has 3 heterocycles. The van der Waals surface area contributed by atoms with Crippen LogP contribution >= 0.6 is 0 Å². The van der Waals surface area contributed by atoms with E-state index in [-0.39, 0.29) is 5.91 Å². The van der Waals surface area contributed by atoms with Crippen LogP contribution in [0.3, 0.4) is 0 Å². The van der Waals surface area contributed by atoms with Gasteiger partial charge < -0.3 is 19.8 Å². The van der Waals surface area contributed by atoms with E-state index in [1.807, 2.05) is 60.7 Å². The molecular weight excluding hydrogens is 450 g/mol. The van der Waals surface area contributed by atoms with Gasteiger partial charge in [0.2, 0.25) is 0 Å². The largest absolute Gasteiger partial charge is 0.497 e. The number of methoxy groups -OCH3 is 1. The van der Waals surface area contributed by atoms with Crippen LogP contribution in [0.25, 0.3) is 33.7 Å². The lowest BCUT2D eigenvalue weighted by Gasteiger charge is -2.14. The smallest absolute Gasteiger partial charge is 0.256 e. The summed E-state index contributed by atoms with van der Waals surface area (Å²) in [4.78, 5) is 18.7. The number of likely N-dealkylation sites (tertiary alicyclic amines) is 1. The van der Waals surface area contributed by atoms with Gasteiger partial charge in [-0.25, -0.2) is 0 Å². The molecule has 6 nitrogen and oxygen atoms in total. The number of nitrogens with one attached hydrogen (secondary N) is 2. The van der Waals surface area contributed by atoms with Gasteiger partial charge in [-0.15, -0.1) is 0 Å². The maximum Gasteiger partial charge on any atom is 0.256 e. The zero-order chi connectivity index (χ0) is 24.5. The fraction of sp³-hybridized carbons (Fsp3) is 0.233. The Labute approximate surface area is 210 Å². The molecule has 4 aromatic rings. The van der Waals surface area contributed by atoms with Crippen LogP contribution in [0.15, 0.2) is 66.7 Å². The number of fused-ring (bicyclic) bond motifs is 2. The van der Waals surface area contributed by atoms with Crippen LogP contribution < -0.4 is 14.8 Å². The molecule has 6 rings (SSSR count). The molecule has 36 heavy (non-hydrogen) atoms. The zero-order valence-electron chi connectivity index (χ0n) is 20.3. The van der Waals surface area contributed by atoms with E-state index in [0.717, 1.165) is 57.0 Å². The van der Waals surface area contributed by atoms with Crippen molar-refractivity contribution in [2.75, 3.05) is 38.7 Å². The number of carbonyl (C=O) groups excluding carboxylic acids is 1. The second-order valence-electron chi connectivity index (χ2n) is 9.38. The van der Waals surface area contributed by atoms with Crippen LogP contribution in [0, 0.1) is 0 Å². The summed E-state index contributed by atoms with van der Waals surface area (Å²) in [6.45, 7) is 4.02. The molecule has 0 saturated carbocycles. The summed E-state index contributed by atoms with van der Waals surface area (Å²) < 4.78 is 11.4. The predicted octanol–water partition coefficient (Wildman–Crippen LogP) is 5.81. The van der Waals surface area contributed by atoms with E-state index in [1.165, 1.54) is 25.9 Å². The third-order valence-corrected chi connectivity index (χ3v) is 6.99. The number of benzene rings is 3. The van der Waals surface area contributed by atoms with Crippen molar-refractivity contribution in [1.82, 2.24) is 9.88 Å². The average molecular weight is 480 g/mol. The summed E-state index contributed by atoms with van der Waals surface area (Å²) in [6.07, 6.45) is 4.50.